The van der Waals surface area contributed by atoms with Gasteiger partial charge in [-0.05, 0) is 51.4 Å². The number of ether oxygens (including phenoxy) is 2. The van der Waals surface area contributed by atoms with Crippen LogP contribution in [-0.4, -0.2) is 27.0 Å². The van der Waals surface area contributed by atoms with E-state index >= 15 is 0 Å². The lowest BCUT2D eigenvalue weighted by atomic mass is 9.90. The van der Waals surface area contributed by atoms with Gasteiger partial charge in [-0.2, -0.15) is 0 Å². The highest BCUT2D eigenvalue weighted by molar-refractivity contribution is 5.82. The standard InChI is InChI=1S/C19H25NO4/c1-4-14-17(21)15-5-6-16(23-11-22-3)12(2)18(15)24-19(14)13-7-9-20-10-8-13/h5-6,13,20H,4,7-11H2,1-3H3. The first-order valence-electron chi connectivity index (χ1n) is 8.59. The molecule has 0 bridgehead atoms. The summed E-state index contributed by atoms with van der Waals surface area (Å²) >= 11 is 0. The minimum Gasteiger partial charge on any atom is -0.467 e. The molecule has 24 heavy (non-hydrogen) atoms. The van der Waals surface area contributed by atoms with E-state index in [1.54, 1.807) is 13.2 Å². The topological polar surface area (TPSA) is 60.7 Å². The van der Waals surface area contributed by atoms with Crippen LogP contribution in [-0.2, 0) is 11.2 Å². The monoisotopic (exact) mass is 331 g/mol. The van der Waals surface area contributed by atoms with Gasteiger partial charge in [-0.25, -0.2) is 0 Å². The smallest absolute Gasteiger partial charge is 0.196 e. The Morgan fingerprint density at radius 3 is 2.71 bits per heavy atom. The molecule has 0 spiro atoms. The summed E-state index contributed by atoms with van der Waals surface area (Å²) in [4.78, 5) is 13.0. The molecule has 0 radical (unpaired) electrons. The molecule has 5 heteroatoms. The quantitative estimate of drug-likeness (QED) is 0.853. The molecule has 0 aliphatic carbocycles. The lowest BCUT2D eigenvalue weighted by Crippen LogP contribution is -2.28. The van der Waals surface area contributed by atoms with Crippen LogP contribution in [0.3, 0.4) is 0 Å². The third kappa shape index (κ3) is 3.06. The number of rotatable bonds is 5. The van der Waals surface area contributed by atoms with Gasteiger partial charge in [0.05, 0.1) is 5.39 Å². The second-order valence-electron chi connectivity index (χ2n) is 6.27. The number of aryl methyl sites for hydroxylation is 1. The van der Waals surface area contributed by atoms with Gasteiger partial charge in [-0.3, -0.25) is 4.79 Å². The Kier molecular flexibility index (Phi) is 5.21. The van der Waals surface area contributed by atoms with Crippen molar-refractivity contribution in [1.82, 2.24) is 5.32 Å². The van der Waals surface area contributed by atoms with Gasteiger partial charge in [0.25, 0.3) is 0 Å². The van der Waals surface area contributed by atoms with Crippen molar-refractivity contribution in [3.63, 3.8) is 0 Å². The highest BCUT2D eigenvalue weighted by atomic mass is 16.7. The molecule has 130 valence electrons. The van der Waals surface area contributed by atoms with E-state index in [-0.39, 0.29) is 12.2 Å². The Bertz CT molecular complexity index is 775. The van der Waals surface area contributed by atoms with Crippen LogP contribution in [0.25, 0.3) is 11.0 Å². The van der Waals surface area contributed by atoms with Crippen LogP contribution in [0.2, 0.25) is 0 Å². The Hall–Kier alpha value is -1.85. The molecule has 1 aliphatic heterocycles. The van der Waals surface area contributed by atoms with Gasteiger partial charge in [-0.1, -0.05) is 6.92 Å². The molecule has 0 amide bonds. The van der Waals surface area contributed by atoms with Gasteiger partial charge in [0.15, 0.2) is 12.2 Å². The van der Waals surface area contributed by atoms with Crippen molar-refractivity contribution in [2.45, 2.75) is 39.0 Å². The summed E-state index contributed by atoms with van der Waals surface area (Å²) in [6.07, 6.45) is 2.69. The lowest BCUT2D eigenvalue weighted by molar-refractivity contribution is 0.0507. The molecule has 0 unspecified atom stereocenters. The number of hydrogen-bond acceptors (Lipinski definition) is 5. The number of nitrogens with one attached hydrogen (secondary N) is 1. The van der Waals surface area contributed by atoms with E-state index in [9.17, 15) is 4.79 Å². The van der Waals surface area contributed by atoms with E-state index in [4.69, 9.17) is 13.9 Å². The van der Waals surface area contributed by atoms with Crippen LogP contribution in [0.15, 0.2) is 21.3 Å². The number of benzene rings is 1. The summed E-state index contributed by atoms with van der Waals surface area (Å²) in [5, 5.41) is 4.00. The highest BCUT2D eigenvalue weighted by Gasteiger charge is 2.24. The number of hydrogen-bond donors (Lipinski definition) is 1. The van der Waals surface area contributed by atoms with Crippen molar-refractivity contribution < 1.29 is 13.9 Å². The SMILES string of the molecule is CCc1c(C2CCNCC2)oc2c(C)c(OCOC)ccc2c1=O. The predicted molar refractivity (Wildman–Crippen MR) is 93.9 cm³/mol. The van der Waals surface area contributed by atoms with Crippen molar-refractivity contribution >= 4 is 11.0 Å². The minimum absolute atomic E-state index is 0.0914. The fraction of sp³-hybridized carbons (Fsp3) is 0.526. The Morgan fingerprint density at radius 2 is 2.04 bits per heavy atom. The molecule has 0 atom stereocenters. The van der Waals surface area contributed by atoms with Gasteiger partial charge in [-0.15, -0.1) is 0 Å². The van der Waals surface area contributed by atoms with Gasteiger partial charge >= 0.3 is 0 Å². The molecule has 2 heterocycles. The Morgan fingerprint density at radius 1 is 1.29 bits per heavy atom. The Balaban J connectivity index is 2.16. The van der Waals surface area contributed by atoms with Crippen LogP contribution in [0, 0.1) is 6.92 Å². The first-order chi connectivity index (χ1) is 11.7. The lowest BCUT2D eigenvalue weighted by Gasteiger charge is -2.24. The molecule has 3 rings (SSSR count). The van der Waals surface area contributed by atoms with Crippen molar-refractivity contribution in [2.75, 3.05) is 27.0 Å². The van der Waals surface area contributed by atoms with E-state index in [1.165, 1.54) is 0 Å². The van der Waals surface area contributed by atoms with Gasteiger partial charge in [0.2, 0.25) is 0 Å². The summed E-state index contributed by atoms with van der Waals surface area (Å²) in [5.41, 5.74) is 2.40. The molecule has 1 aliphatic rings. The summed E-state index contributed by atoms with van der Waals surface area (Å²) in [6.45, 7) is 6.04. The maximum atomic E-state index is 13.0. The van der Waals surface area contributed by atoms with Crippen LogP contribution in [0.5, 0.6) is 5.75 Å². The third-order valence-electron chi connectivity index (χ3n) is 4.78. The van der Waals surface area contributed by atoms with E-state index < -0.39 is 0 Å². The zero-order chi connectivity index (χ0) is 17.1. The van der Waals surface area contributed by atoms with E-state index in [1.807, 2.05) is 19.9 Å². The molecular weight excluding hydrogens is 306 g/mol. The van der Waals surface area contributed by atoms with Crippen molar-refractivity contribution in [3.8, 4) is 5.75 Å². The molecule has 0 saturated carbocycles. The second-order valence-corrected chi connectivity index (χ2v) is 6.27. The average Bonchev–Trinajstić information content (AvgIpc) is 2.62. The van der Waals surface area contributed by atoms with E-state index in [0.717, 1.165) is 42.8 Å². The normalized spacial score (nSPS) is 15.8. The molecule has 1 fully saturated rings. The van der Waals surface area contributed by atoms with Crippen LogP contribution in [0.4, 0.5) is 0 Å². The summed E-state index contributed by atoms with van der Waals surface area (Å²) < 4.78 is 16.9. The summed E-state index contributed by atoms with van der Waals surface area (Å²) in [6, 6.07) is 3.61. The maximum Gasteiger partial charge on any atom is 0.196 e. The zero-order valence-electron chi connectivity index (χ0n) is 14.6. The summed E-state index contributed by atoms with van der Waals surface area (Å²) in [7, 11) is 1.58. The number of fused-ring (bicyclic) bond motifs is 1. The highest BCUT2D eigenvalue weighted by Crippen LogP contribution is 2.33. The van der Waals surface area contributed by atoms with Gasteiger partial charge in [0, 0.05) is 24.2 Å². The zero-order valence-corrected chi connectivity index (χ0v) is 14.6. The predicted octanol–water partition coefficient (Wildman–Crippen LogP) is 3.11. The number of piperidine rings is 1. The van der Waals surface area contributed by atoms with E-state index in [2.05, 4.69) is 5.32 Å². The Labute approximate surface area is 141 Å². The largest absolute Gasteiger partial charge is 0.467 e. The molecule has 1 N–H and O–H groups in total. The van der Waals surface area contributed by atoms with Crippen molar-refractivity contribution in [3.05, 3.63) is 39.2 Å². The molecule has 2 aromatic rings. The average molecular weight is 331 g/mol. The summed E-state index contributed by atoms with van der Waals surface area (Å²) in [5.74, 6) is 1.86. The van der Waals surface area contributed by atoms with Gasteiger partial charge < -0.3 is 19.2 Å². The molecular formula is C19H25NO4. The minimum atomic E-state index is 0.0914. The first kappa shape index (κ1) is 17.0. The molecule has 1 saturated heterocycles. The third-order valence-corrected chi connectivity index (χ3v) is 4.78. The molecule has 1 aromatic carbocycles. The van der Waals surface area contributed by atoms with Crippen LogP contribution < -0.4 is 15.5 Å². The molecule has 5 nitrogen and oxygen atoms in total. The van der Waals surface area contributed by atoms with Crippen molar-refractivity contribution in [2.24, 2.45) is 0 Å². The van der Waals surface area contributed by atoms with Gasteiger partial charge in [0.1, 0.15) is 17.1 Å². The van der Waals surface area contributed by atoms with Crippen LogP contribution in [0.1, 0.15) is 42.6 Å². The van der Waals surface area contributed by atoms with Crippen LogP contribution >= 0.6 is 0 Å². The second kappa shape index (κ2) is 7.36. The maximum absolute atomic E-state index is 13.0. The van der Waals surface area contributed by atoms with Crippen molar-refractivity contribution in [1.29, 1.82) is 0 Å². The number of methoxy groups -OCH3 is 1. The molecule has 1 aromatic heterocycles. The fourth-order valence-corrected chi connectivity index (χ4v) is 3.46. The fourth-order valence-electron chi connectivity index (χ4n) is 3.46. The first-order valence-corrected chi connectivity index (χ1v) is 8.59. The van der Waals surface area contributed by atoms with E-state index in [0.29, 0.717) is 29.1 Å².